The van der Waals surface area contributed by atoms with Crippen LogP contribution in [0.5, 0.6) is 5.75 Å². The number of methoxy groups -OCH3 is 1. The van der Waals surface area contributed by atoms with Crippen LogP contribution >= 0.6 is 0 Å². The minimum atomic E-state index is -0.617. The Morgan fingerprint density at radius 3 is 2.70 bits per heavy atom. The predicted octanol–water partition coefficient (Wildman–Crippen LogP) is 3.45. The molecule has 0 spiro atoms. The van der Waals surface area contributed by atoms with E-state index < -0.39 is 17.8 Å². The van der Waals surface area contributed by atoms with Crippen LogP contribution in [0.25, 0.3) is 11.1 Å². The number of hydrogen-bond acceptors (Lipinski definition) is 4. The third-order valence-corrected chi connectivity index (χ3v) is 3.44. The third kappa shape index (κ3) is 4.53. The van der Waals surface area contributed by atoms with Gasteiger partial charge in [-0.2, -0.15) is 0 Å². The van der Waals surface area contributed by atoms with Crippen LogP contribution in [0.3, 0.4) is 0 Å². The summed E-state index contributed by atoms with van der Waals surface area (Å²) >= 11 is 0. The molecule has 0 fully saturated rings. The Morgan fingerprint density at radius 1 is 1.22 bits per heavy atom. The molecule has 4 nitrogen and oxygen atoms in total. The fourth-order valence-electron chi connectivity index (χ4n) is 2.31. The molecule has 5 heteroatoms. The van der Waals surface area contributed by atoms with Crippen molar-refractivity contribution in [2.24, 2.45) is 5.73 Å². The summed E-state index contributed by atoms with van der Waals surface area (Å²) in [6.07, 6.45) is 0.00877. The maximum absolute atomic E-state index is 13.9. The maximum Gasteiger partial charge on any atom is 0.307 e. The monoisotopic (exact) mass is 317 g/mol. The standard InChI is InChI=1S/C18H20FNO3/c1-3-23-18(21)11-17(20)14-7-13(8-15(19)9-14)12-5-4-6-16(10-12)22-2/h4-10,17H,3,11,20H2,1-2H3/t17-/m0/s1. The van der Waals surface area contributed by atoms with E-state index in [2.05, 4.69) is 0 Å². The number of nitrogens with two attached hydrogens (primary N) is 1. The Hall–Kier alpha value is -2.40. The number of carbonyl (C=O) groups is 1. The fourth-order valence-corrected chi connectivity index (χ4v) is 2.31. The molecule has 2 aromatic rings. The van der Waals surface area contributed by atoms with Gasteiger partial charge in [0.15, 0.2) is 0 Å². The molecule has 122 valence electrons. The van der Waals surface area contributed by atoms with Crippen LogP contribution in [0.4, 0.5) is 4.39 Å². The summed E-state index contributed by atoms with van der Waals surface area (Å²) in [7, 11) is 1.57. The molecular formula is C18H20FNO3. The van der Waals surface area contributed by atoms with Gasteiger partial charge in [0, 0.05) is 6.04 Å². The molecule has 0 saturated heterocycles. The first-order valence-electron chi connectivity index (χ1n) is 7.39. The van der Waals surface area contributed by atoms with Crippen LogP contribution in [0, 0.1) is 5.82 Å². The van der Waals surface area contributed by atoms with Gasteiger partial charge in [-0.3, -0.25) is 4.79 Å². The number of halogens is 1. The van der Waals surface area contributed by atoms with Crippen LogP contribution in [0.2, 0.25) is 0 Å². The van der Waals surface area contributed by atoms with Crippen molar-refractivity contribution in [3.8, 4) is 16.9 Å². The summed E-state index contributed by atoms with van der Waals surface area (Å²) in [5.74, 6) is -0.115. The first-order chi connectivity index (χ1) is 11.0. The van der Waals surface area contributed by atoms with Gasteiger partial charge in [-0.15, -0.1) is 0 Å². The lowest BCUT2D eigenvalue weighted by Crippen LogP contribution is -2.17. The molecule has 0 heterocycles. The summed E-state index contributed by atoms with van der Waals surface area (Å²) in [4.78, 5) is 11.5. The molecule has 0 bridgehead atoms. The second kappa shape index (κ2) is 7.74. The minimum absolute atomic E-state index is 0.00877. The van der Waals surface area contributed by atoms with Crippen LogP contribution in [-0.4, -0.2) is 19.7 Å². The zero-order chi connectivity index (χ0) is 16.8. The van der Waals surface area contributed by atoms with Gasteiger partial charge in [-0.1, -0.05) is 12.1 Å². The summed E-state index contributed by atoms with van der Waals surface area (Å²) in [6.45, 7) is 2.02. The van der Waals surface area contributed by atoms with Gasteiger partial charge >= 0.3 is 5.97 Å². The number of carbonyl (C=O) groups excluding carboxylic acids is 1. The van der Waals surface area contributed by atoms with Crippen LogP contribution < -0.4 is 10.5 Å². The molecule has 0 aliphatic carbocycles. The van der Waals surface area contributed by atoms with Gasteiger partial charge in [0.2, 0.25) is 0 Å². The molecule has 2 N–H and O–H groups in total. The molecule has 0 amide bonds. The van der Waals surface area contributed by atoms with Gasteiger partial charge in [0.25, 0.3) is 0 Å². The van der Waals surface area contributed by atoms with Gasteiger partial charge < -0.3 is 15.2 Å². The van der Waals surface area contributed by atoms with E-state index in [9.17, 15) is 9.18 Å². The molecule has 0 unspecified atom stereocenters. The molecule has 2 aromatic carbocycles. The summed E-state index contributed by atoms with van der Waals surface area (Å²) in [5, 5.41) is 0. The van der Waals surface area contributed by atoms with E-state index in [0.717, 1.165) is 5.56 Å². The Morgan fingerprint density at radius 2 is 2.00 bits per heavy atom. The Bertz CT molecular complexity index is 688. The molecule has 1 atom stereocenters. The molecule has 0 aromatic heterocycles. The van der Waals surface area contributed by atoms with Crippen LogP contribution in [0.15, 0.2) is 42.5 Å². The van der Waals surface area contributed by atoms with Gasteiger partial charge in [-0.05, 0) is 53.9 Å². The van der Waals surface area contributed by atoms with Crippen LogP contribution in [-0.2, 0) is 9.53 Å². The topological polar surface area (TPSA) is 61.5 Å². The molecule has 0 saturated carbocycles. The van der Waals surface area contributed by atoms with Gasteiger partial charge in [0.05, 0.1) is 20.1 Å². The normalized spacial score (nSPS) is 11.8. The maximum atomic E-state index is 13.9. The summed E-state index contributed by atoms with van der Waals surface area (Å²) in [5.41, 5.74) is 8.05. The zero-order valence-corrected chi connectivity index (χ0v) is 13.2. The largest absolute Gasteiger partial charge is 0.497 e. The molecule has 23 heavy (non-hydrogen) atoms. The number of benzene rings is 2. The molecule has 2 rings (SSSR count). The van der Waals surface area contributed by atoms with E-state index >= 15 is 0 Å². The van der Waals surface area contributed by atoms with E-state index in [-0.39, 0.29) is 6.42 Å². The molecule has 0 radical (unpaired) electrons. The van der Waals surface area contributed by atoms with E-state index in [1.54, 1.807) is 20.1 Å². The van der Waals surface area contributed by atoms with Crippen molar-refractivity contribution in [2.75, 3.05) is 13.7 Å². The molecular weight excluding hydrogens is 297 g/mol. The lowest BCUT2D eigenvalue weighted by Gasteiger charge is -2.13. The average Bonchev–Trinajstić information content (AvgIpc) is 2.54. The second-order valence-electron chi connectivity index (χ2n) is 5.12. The zero-order valence-electron chi connectivity index (χ0n) is 13.2. The SMILES string of the molecule is CCOC(=O)C[C@H](N)c1cc(F)cc(-c2cccc(OC)c2)c1. The number of ether oxygens (including phenoxy) is 2. The number of rotatable bonds is 6. The van der Waals surface area contributed by atoms with Crippen molar-refractivity contribution in [1.29, 1.82) is 0 Å². The van der Waals surface area contributed by atoms with E-state index in [1.165, 1.54) is 12.1 Å². The molecule has 0 aliphatic rings. The highest BCUT2D eigenvalue weighted by Gasteiger charge is 2.15. The highest BCUT2D eigenvalue weighted by molar-refractivity contribution is 5.71. The first kappa shape index (κ1) is 17.0. The van der Waals surface area contributed by atoms with Crippen LogP contribution in [0.1, 0.15) is 24.9 Å². The van der Waals surface area contributed by atoms with Crippen molar-refractivity contribution < 1.29 is 18.7 Å². The second-order valence-corrected chi connectivity index (χ2v) is 5.12. The summed E-state index contributed by atoms with van der Waals surface area (Å²) < 4.78 is 24.0. The van der Waals surface area contributed by atoms with Gasteiger partial charge in [-0.25, -0.2) is 4.39 Å². The smallest absolute Gasteiger partial charge is 0.307 e. The Labute approximate surface area is 135 Å². The minimum Gasteiger partial charge on any atom is -0.497 e. The fraction of sp³-hybridized carbons (Fsp3) is 0.278. The van der Waals surface area contributed by atoms with Gasteiger partial charge in [0.1, 0.15) is 11.6 Å². The Balaban J connectivity index is 2.29. The van der Waals surface area contributed by atoms with Crippen molar-refractivity contribution in [2.45, 2.75) is 19.4 Å². The number of hydrogen-bond donors (Lipinski definition) is 1. The van der Waals surface area contributed by atoms with Crippen molar-refractivity contribution >= 4 is 5.97 Å². The first-order valence-corrected chi connectivity index (χ1v) is 7.39. The molecule has 0 aliphatic heterocycles. The van der Waals surface area contributed by atoms with Crippen molar-refractivity contribution in [1.82, 2.24) is 0 Å². The van der Waals surface area contributed by atoms with E-state index in [1.807, 2.05) is 24.3 Å². The quantitative estimate of drug-likeness (QED) is 0.829. The lowest BCUT2D eigenvalue weighted by molar-refractivity contribution is -0.143. The van der Waals surface area contributed by atoms with Crippen molar-refractivity contribution in [3.63, 3.8) is 0 Å². The predicted molar refractivity (Wildman–Crippen MR) is 86.6 cm³/mol. The lowest BCUT2D eigenvalue weighted by atomic mass is 9.98. The highest BCUT2D eigenvalue weighted by Crippen LogP contribution is 2.28. The summed E-state index contributed by atoms with van der Waals surface area (Å²) in [6, 6.07) is 11.3. The average molecular weight is 317 g/mol. The van der Waals surface area contributed by atoms with Crippen molar-refractivity contribution in [3.05, 3.63) is 53.8 Å². The van der Waals surface area contributed by atoms with E-state index in [0.29, 0.717) is 23.5 Å². The number of esters is 1. The highest BCUT2D eigenvalue weighted by atomic mass is 19.1. The Kier molecular flexibility index (Phi) is 5.71. The third-order valence-electron chi connectivity index (χ3n) is 3.44. The van der Waals surface area contributed by atoms with E-state index in [4.69, 9.17) is 15.2 Å².